The van der Waals surface area contributed by atoms with Crippen molar-refractivity contribution >= 4 is 0 Å². The fourth-order valence-electron chi connectivity index (χ4n) is 5.25. The summed E-state index contributed by atoms with van der Waals surface area (Å²) >= 11 is 0. The summed E-state index contributed by atoms with van der Waals surface area (Å²) in [5.41, 5.74) is 3.26. The van der Waals surface area contributed by atoms with Crippen LogP contribution in [0.3, 0.4) is 0 Å². The number of ether oxygens (including phenoxy) is 3. The first kappa shape index (κ1) is 24.9. The van der Waals surface area contributed by atoms with Gasteiger partial charge in [0.2, 0.25) is 5.88 Å². The Morgan fingerprint density at radius 1 is 1.06 bits per heavy atom. The Morgan fingerprint density at radius 2 is 1.85 bits per heavy atom. The van der Waals surface area contributed by atoms with Gasteiger partial charge < -0.3 is 19.5 Å². The van der Waals surface area contributed by atoms with Gasteiger partial charge in [-0.3, -0.25) is 0 Å². The van der Waals surface area contributed by atoms with Crippen LogP contribution >= 0.6 is 0 Å². The lowest BCUT2D eigenvalue weighted by atomic mass is 9.90. The van der Waals surface area contributed by atoms with Crippen molar-refractivity contribution < 1.29 is 14.2 Å². The Hall–Kier alpha value is -2.18. The van der Waals surface area contributed by atoms with Crippen LogP contribution in [0.2, 0.25) is 0 Å². The van der Waals surface area contributed by atoms with Crippen molar-refractivity contribution in [3.63, 3.8) is 0 Å². The van der Waals surface area contributed by atoms with E-state index in [1.807, 2.05) is 0 Å². The van der Waals surface area contributed by atoms with Gasteiger partial charge in [-0.1, -0.05) is 31.9 Å². The number of aryl methyl sites for hydroxylation is 1. The molecule has 1 aromatic heterocycles. The summed E-state index contributed by atoms with van der Waals surface area (Å²) < 4.78 is 18.3. The number of piperidine rings is 1. The van der Waals surface area contributed by atoms with Gasteiger partial charge >= 0.3 is 0 Å². The predicted molar refractivity (Wildman–Crippen MR) is 135 cm³/mol. The summed E-state index contributed by atoms with van der Waals surface area (Å²) in [6.45, 7) is 6.16. The molecule has 2 heterocycles. The molecule has 0 radical (unpaired) electrons. The van der Waals surface area contributed by atoms with Crippen LogP contribution in [0.15, 0.2) is 30.3 Å². The van der Waals surface area contributed by atoms with Gasteiger partial charge in [0.05, 0.1) is 17.9 Å². The second-order valence-corrected chi connectivity index (χ2v) is 9.80. The molecule has 1 aliphatic heterocycles. The first-order valence-electron chi connectivity index (χ1n) is 13.2. The van der Waals surface area contributed by atoms with Gasteiger partial charge in [0.25, 0.3) is 0 Å². The highest BCUT2D eigenvalue weighted by molar-refractivity contribution is 5.67. The molecule has 2 fully saturated rings. The second kappa shape index (κ2) is 12.5. The molecule has 34 heavy (non-hydrogen) atoms. The lowest BCUT2D eigenvalue weighted by Gasteiger charge is -2.34. The molecule has 1 aromatic carbocycles. The summed E-state index contributed by atoms with van der Waals surface area (Å²) in [4.78, 5) is 0. The number of nitrogens with one attached hydrogen (secondary N) is 1. The van der Waals surface area contributed by atoms with Crippen LogP contribution in [0.4, 0.5) is 0 Å². The van der Waals surface area contributed by atoms with Crippen LogP contribution in [-0.4, -0.2) is 48.7 Å². The lowest BCUT2D eigenvalue weighted by Crippen LogP contribution is -2.47. The minimum Gasteiger partial charge on any atom is -0.490 e. The summed E-state index contributed by atoms with van der Waals surface area (Å²) in [7, 11) is 1.78. The molecular formula is C28H41N3O3. The highest BCUT2D eigenvalue weighted by atomic mass is 16.5. The molecule has 4 rings (SSSR count). The van der Waals surface area contributed by atoms with Crippen molar-refractivity contribution in [1.82, 2.24) is 15.5 Å². The van der Waals surface area contributed by atoms with Gasteiger partial charge in [0.15, 0.2) is 0 Å². The fraction of sp³-hybridized carbons (Fsp3) is 0.643. The Bertz CT molecular complexity index is 883. The van der Waals surface area contributed by atoms with E-state index in [1.54, 1.807) is 7.11 Å². The van der Waals surface area contributed by atoms with Gasteiger partial charge in [-0.05, 0) is 76.1 Å². The Kier molecular flexibility index (Phi) is 9.17. The molecule has 186 valence electrons. The number of hydrogen-bond donors (Lipinski definition) is 1. The molecule has 1 aliphatic carbocycles. The zero-order valence-corrected chi connectivity index (χ0v) is 21.1. The van der Waals surface area contributed by atoms with Crippen molar-refractivity contribution in [2.24, 2.45) is 5.92 Å². The van der Waals surface area contributed by atoms with Crippen molar-refractivity contribution in [2.75, 3.05) is 20.2 Å². The number of hydrogen-bond acceptors (Lipinski definition) is 6. The van der Waals surface area contributed by atoms with Gasteiger partial charge in [0.1, 0.15) is 11.9 Å². The molecule has 1 saturated heterocycles. The first-order valence-corrected chi connectivity index (χ1v) is 13.2. The number of benzene rings is 1. The molecule has 1 N–H and O–H groups in total. The van der Waals surface area contributed by atoms with Crippen LogP contribution < -0.4 is 14.8 Å². The van der Waals surface area contributed by atoms with Crippen molar-refractivity contribution in [3.05, 3.63) is 36.0 Å². The highest BCUT2D eigenvalue weighted by Gasteiger charge is 2.31. The van der Waals surface area contributed by atoms with E-state index in [0.717, 1.165) is 74.2 Å². The number of aromatic nitrogens is 2. The maximum absolute atomic E-state index is 6.33. The summed E-state index contributed by atoms with van der Waals surface area (Å²) in [6, 6.07) is 10.5. The van der Waals surface area contributed by atoms with E-state index in [2.05, 4.69) is 59.7 Å². The number of nitrogens with zero attached hydrogens (tertiary/aromatic N) is 2. The zero-order valence-electron chi connectivity index (χ0n) is 21.1. The minimum absolute atomic E-state index is 0.00182. The van der Waals surface area contributed by atoms with E-state index in [9.17, 15) is 0 Å². The maximum atomic E-state index is 6.33. The molecule has 6 heteroatoms. The molecular weight excluding hydrogens is 426 g/mol. The maximum Gasteiger partial charge on any atom is 0.234 e. The summed E-state index contributed by atoms with van der Waals surface area (Å²) in [5, 5.41) is 12.4. The third-order valence-electron chi connectivity index (χ3n) is 7.33. The van der Waals surface area contributed by atoms with Crippen molar-refractivity contribution in [1.29, 1.82) is 0 Å². The Labute approximate surface area is 204 Å². The van der Waals surface area contributed by atoms with E-state index in [1.165, 1.54) is 19.3 Å². The van der Waals surface area contributed by atoms with Gasteiger partial charge in [0, 0.05) is 31.2 Å². The largest absolute Gasteiger partial charge is 0.490 e. The SMILES string of the molecule is CCCCc1nnc(OC(C)C2CCNCC2OC)cc1-c1ccc(OC2CCCCC2)cc1. The summed E-state index contributed by atoms with van der Waals surface area (Å²) in [5.74, 6) is 1.86. The molecule has 0 amide bonds. The standard InChI is InChI=1S/C28H41N3O3/c1-4-5-11-26-25(21-12-14-23(15-13-21)34-22-9-7-6-8-10-22)18-28(31-30-26)33-20(2)24-16-17-29-19-27(24)32-3/h12-15,18,20,22,24,27,29H,4-11,16-17,19H2,1-3H3. The smallest absolute Gasteiger partial charge is 0.234 e. The van der Waals surface area contributed by atoms with Gasteiger partial charge in [-0.15, -0.1) is 5.10 Å². The van der Waals surface area contributed by atoms with Crippen LogP contribution in [0.25, 0.3) is 11.1 Å². The molecule has 3 atom stereocenters. The number of rotatable bonds is 10. The monoisotopic (exact) mass is 467 g/mol. The van der Waals surface area contributed by atoms with Gasteiger partial charge in [-0.25, -0.2) is 0 Å². The average Bonchev–Trinajstić information content (AvgIpc) is 2.89. The topological polar surface area (TPSA) is 65.5 Å². The minimum atomic E-state index is 0.00182. The van der Waals surface area contributed by atoms with E-state index in [0.29, 0.717) is 17.9 Å². The predicted octanol–water partition coefficient (Wildman–Crippen LogP) is 5.59. The van der Waals surface area contributed by atoms with Crippen molar-refractivity contribution in [3.8, 4) is 22.8 Å². The van der Waals surface area contributed by atoms with Crippen molar-refractivity contribution in [2.45, 2.75) is 89.9 Å². The number of unbranched alkanes of at least 4 members (excludes halogenated alkanes) is 1. The molecule has 2 aliphatic rings. The fourth-order valence-corrected chi connectivity index (χ4v) is 5.25. The highest BCUT2D eigenvalue weighted by Crippen LogP contribution is 2.31. The van der Waals surface area contributed by atoms with E-state index < -0.39 is 0 Å². The van der Waals surface area contributed by atoms with Gasteiger partial charge in [-0.2, -0.15) is 5.10 Å². The van der Waals surface area contributed by atoms with Crippen LogP contribution in [-0.2, 0) is 11.2 Å². The first-order chi connectivity index (χ1) is 16.7. The Balaban J connectivity index is 1.50. The molecule has 1 saturated carbocycles. The van der Waals surface area contributed by atoms with Crippen LogP contribution in [0, 0.1) is 5.92 Å². The molecule has 0 bridgehead atoms. The van der Waals surface area contributed by atoms with E-state index >= 15 is 0 Å². The Morgan fingerprint density at radius 3 is 2.59 bits per heavy atom. The third-order valence-corrected chi connectivity index (χ3v) is 7.33. The zero-order chi connectivity index (χ0) is 23.8. The third kappa shape index (κ3) is 6.48. The average molecular weight is 468 g/mol. The lowest BCUT2D eigenvalue weighted by molar-refractivity contribution is -0.0150. The normalized spacial score (nSPS) is 22.3. The molecule has 2 aromatic rings. The van der Waals surface area contributed by atoms with E-state index in [4.69, 9.17) is 14.2 Å². The van der Waals surface area contributed by atoms with Crippen LogP contribution in [0.5, 0.6) is 11.6 Å². The molecule has 6 nitrogen and oxygen atoms in total. The van der Waals surface area contributed by atoms with E-state index in [-0.39, 0.29) is 12.2 Å². The number of methoxy groups -OCH3 is 1. The molecule has 0 spiro atoms. The summed E-state index contributed by atoms with van der Waals surface area (Å²) in [6.07, 6.45) is 10.9. The second-order valence-electron chi connectivity index (χ2n) is 9.80. The quantitative estimate of drug-likeness (QED) is 0.491. The molecule has 3 unspecified atom stereocenters. The van der Waals surface area contributed by atoms with Crippen LogP contribution in [0.1, 0.15) is 70.9 Å².